The molecule has 0 amide bonds. The number of hydrogen-bond donors (Lipinski definition) is 1. The van der Waals surface area contributed by atoms with Crippen molar-refractivity contribution >= 4 is 16.5 Å². The van der Waals surface area contributed by atoms with Crippen LogP contribution in [-0.2, 0) is 11.3 Å². The second-order valence-corrected chi connectivity index (χ2v) is 6.63. The number of rotatable bonds is 10. The smallest absolute Gasteiger partial charge is 0.186 e. The zero-order valence-electron chi connectivity index (χ0n) is 14.3. The van der Waals surface area contributed by atoms with E-state index in [9.17, 15) is 0 Å². The quantitative estimate of drug-likeness (QED) is 0.669. The van der Waals surface area contributed by atoms with Crippen LogP contribution in [-0.4, -0.2) is 63.4 Å². The number of thiazole rings is 1. The van der Waals surface area contributed by atoms with Crippen molar-refractivity contribution in [1.29, 1.82) is 0 Å². The Balaban J connectivity index is 2.68. The summed E-state index contributed by atoms with van der Waals surface area (Å²) in [6.07, 6.45) is 0. The molecule has 0 fully saturated rings. The molecule has 0 saturated carbocycles. The van der Waals surface area contributed by atoms with Crippen LogP contribution < -0.4 is 10.2 Å². The van der Waals surface area contributed by atoms with Crippen LogP contribution in [0.2, 0.25) is 0 Å². The fourth-order valence-corrected chi connectivity index (χ4v) is 3.53. The van der Waals surface area contributed by atoms with E-state index in [1.54, 1.807) is 18.4 Å². The third-order valence-electron chi connectivity index (χ3n) is 3.40. The first-order chi connectivity index (χ1) is 9.99. The number of aryl methyl sites for hydroxylation is 1. The van der Waals surface area contributed by atoms with Crippen molar-refractivity contribution in [2.45, 2.75) is 33.4 Å². The van der Waals surface area contributed by atoms with Gasteiger partial charge >= 0.3 is 0 Å². The lowest BCUT2D eigenvalue weighted by Crippen LogP contribution is -2.40. The van der Waals surface area contributed by atoms with Gasteiger partial charge in [0.2, 0.25) is 0 Å². The fraction of sp³-hybridized carbons (Fsp3) is 0.800. The maximum Gasteiger partial charge on any atom is 0.186 e. The van der Waals surface area contributed by atoms with E-state index in [1.165, 1.54) is 4.88 Å². The standard InChI is InChI=1S/C15H30N4OS/c1-7-19(12(2)11-18(4)5)15-17-13(3)14(21-15)10-16-8-9-20-6/h12,16H,7-11H2,1-6H3. The molecule has 0 spiro atoms. The number of anilines is 1. The van der Waals surface area contributed by atoms with Gasteiger partial charge in [-0.25, -0.2) is 4.98 Å². The molecule has 0 aliphatic rings. The number of nitrogens with zero attached hydrogens (tertiary/aromatic N) is 3. The van der Waals surface area contributed by atoms with Gasteiger partial charge in [-0.1, -0.05) is 0 Å². The van der Waals surface area contributed by atoms with Gasteiger partial charge in [0.1, 0.15) is 0 Å². The lowest BCUT2D eigenvalue weighted by atomic mass is 10.3. The van der Waals surface area contributed by atoms with Crippen molar-refractivity contribution in [3.8, 4) is 0 Å². The Bertz CT molecular complexity index is 408. The molecule has 1 aromatic rings. The minimum absolute atomic E-state index is 0.463. The number of likely N-dealkylation sites (N-methyl/N-ethyl adjacent to an activating group) is 2. The van der Waals surface area contributed by atoms with Gasteiger partial charge in [0.15, 0.2) is 5.13 Å². The highest BCUT2D eigenvalue weighted by Crippen LogP contribution is 2.27. The highest BCUT2D eigenvalue weighted by atomic mass is 32.1. The minimum atomic E-state index is 0.463. The number of ether oxygens (including phenoxy) is 1. The molecule has 5 nitrogen and oxygen atoms in total. The van der Waals surface area contributed by atoms with Gasteiger partial charge in [0.05, 0.1) is 12.3 Å². The minimum Gasteiger partial charge on any atom is -0.383 e. The molecule has 1 unspecified atom stereocenters. The summed E-state index contributed by atoms with van der Waals surface area (Å²) in [5.74, 6) is 0. The first-order valence-corrected chi connectivity index (χ1v) is 8.38. The fourth-order valence-electron chi connectivity index (χ4n) is 2.34. The zero-order chi connectivity index (χ0) is 15.8. The van der Waals surface area contributed by atoms with Gasteiger partial charge in [-0.2, -0.15) is 0 Å². The van der Waals surface area contributed by atoms with Crippen LogP contribution in [0.15, 0.2) is 0 Å². The predicted octanol–water partition coefficient (Wildman–Crippen LogP) is 1.96. The molecule has 0 aromatic carbocycles. The maximum atomic E-state index is 5.05. The molecular weight excluding hydrogens is 284 g/mol. The third kappa shape index (κ3) is 5.90. The van der Waals surface area contributed by atoms with Crippen molar-refractivity contribution in [1.82, 2.24) is 15.2 Å². The second kappa shape index (κ2) is 9.35. The molecule has 1 atom stereocenters. The Hall–Kier alpha value is -0.690. The van der Waals surface area contributed by atoms with E-state index in [1.807, 2.05) is 0 Å². The molecule has 0 aliphatic carbocycles. The molecule has 0 aliphatic heterocycles. The van der Waals surface area contributed by atoms with Crippen molar-refractivity contribution in [2.75, 3.05) is 52.3 Å². The van der Waals surface area contributed by atoms with Crippen molar-refractivity contribution in [2.24, 2.45) is 0 Å². The Morgan fingerprint density at radius 3 is 2.67 bits per heavy atom. The number of aromatic nitrogens is 1. The van der Waals surface area contributed by atoms with Crippen LogP contribution >= 0.6 is 11.3 Å². The highest BCUT2D eigenvalue weighted by molar-refractivity contribution is 7.15. The normalized spacial score (nSPS) is 12.9. The Morgan fingerprint density at radius 2 is 2.10 bits per heavy atom. The molecule has 0 saturated heterocycles. The second-order valence-electron chi connectivity index (χ2n) is 5.57. The van der Waals surface area contributed by atoms with E-state index in [-0.39, 0.29) is 0 Å². The van der Waals surface area contributed by atoms with E-state index in [2.05, 4.69) is 50.0 Å². The topological polar surface area (TPSA) is 40.6 Å². The summed E-state index contributed by atoms with van der Waals surface area (Å²) in [7, 11) is 5.95. The van der Waals surface area contributed by atoms with Crippen LogP contribution in [0.3, 0.4) is 0 Å². The van der Waals surface area contributed by atoms with Gasteiger partial charge in [0, 0.05) is 44.2 Å². The van der Waals surface area contributed by atoms with E-state index in [0.717, 1.165) is 43.6 Å². The molecule has 122 valence electrons. The summed E-state index contributed by atoms with van der Waals surface area (Å²) in [6, 6.07) is 0.463. The van der Waals surface area contributed by atoms with Crippen molar-refractivity contribution in [3.63, 3.8) is 0 Å². The van der Waals surface area contributed by atoms with Crippen LogP contribution in [0.4, 0.5) is 5.13 Å². The van der Waals surface area contributed by atoms with Crippen LogP contribution in [0.5, 0.6) is 0 Å². The largest absolute Gasteiger partial charge is 0.383 e. The first kappa shape index (κ1) is 18.4. The number of methoxy groups -OCH3 is 1. The van der Waals surface area contributed by atoms with Gasteiger partial charge in [0.25, 0.3) is 0 Å². The lowest BCUT2D eigenvalue weighted by molar-refractivity contribution is 0.199. The zero-order valence-corrected chi connectivity index (χ0v) is 15.1. The van der Waals surface area contributed by atoms with E-state index < -0.39 is 0 Å². The number of hydrogen-bond acceptors (Lipinski definition) is 6. The first-order valence-electron chi connectivity index (χ1n) is 7.56. The molecule has 0 radical (unpaired) electrons. The SMILES string of the molecule is CCN(c1nc(C)c(CNCCOC)s1)C(C)CN(C)C. The predicted molar refractivity (Wildman–Crippen MR) is 91.5 cm³/mol. The Kier molecular flexibility index (Phi) is 8.18. The number of nitrogens with one attached hydrogen (secondary N) is 1. The van der Waals surface area contributed by atoms with Gasteiger partial charge in [-0.05, 0) is 34.9 Å². The lowest BCUT2D eigenvalue weighted by Gasteiger charge is -2.29. The third-order valence-corrected chi connectivity index (χ3v) is 4.59. The molecule has 0 bridgehead atoms. The van der Waals surface area contributed by atoms with Gasteiger partial charge in [-0.3, -0.25) is 0 Å². The Labute approximate surface area is 133 Å². The van der Waals surface area contributed by atoms with Gasteiger partial charge in [-0.15, -0.1) is 11.3 Å². The van der Waals surface area contributed by atoms with Crippen molar-refractivity contribution in [3.05, 3.63) is 10.6 Å². The summed E-state index contributed by atoms with van der Waals surface area (Å²) < 4.78 is 5.05. The van der Waals surface area contributed by atoms with Gasteiger partial charge < -0.3 is 19.9 Å². The summed E-state index contributed by atoms with van der Waals surface area (Å²) in [5, 5.41) is 4.53. The molecule has 1 N–H and O–H groups in total. The van der Waals surface area contributed by atoms with Crippen LogP contribution in [0, 0.1) is 6.92 Å². The van der Waals surface area contributed by atoms with E-state index >= 15 is 0 Å². The monoisotopic (exact) mass is 314 g/mol. The summed E-state index contributed by atoms with van der Waals surface area (Å²) in [4.78, 5) is 10.7. The van der Waals surface area contributed by atoms with Crippen LogP contribution in [0.1, 0.15) is 24.4 Å². The summed E-state index contributed by atoms with van der Waals surface area (Å²) in [6.45, 7) is 11.1. The average Bonchev–Trinajstić information content (AvgIpc) is 2.76. The molecular formula is C15H30N4OS. The summed E-state index contributed by atoms with van der Waals surface area (Å²) >= 11 is 1.80. The van der Waals surface area contributed by atoms with E-state index in [4.69, 9.17) is 9.72 Å². The molecule has 21 heavy (non-hydrogen) atoms. The molecule has 1 heterocycles. The Morgan fingerprint density at radius 1 is 1.38 bits per heavy atom. The van der Waals surface area contributed by atoms with Crippen LogP contribution in [0.25, 0.3) is 0 Å². The maximum absolute atomic E-state index is 5.05. The molecule has 1 aromatic heterocycles. The van der Waals surface area contributed by atoms with E-state index in [0.29, 0.717) is 6.04 Å². The molecule has 1 rings (SSSR count). The molecule has 6 heteroatoms. The average molecular weight is 314 g/mol. The van der Waals surface area contributed by atoms with Crippen molar-refractivity contribution < 1.29 is 4.74 Å². The summed E-state index contributed by atoms with van der Waals surface area (Å²) in [5.41, 5.74) is 1.13. The highest BCUT2D eigenvalue weighted by Gasteiger charge is 2.18.